The summed E-state index contributed by atoms with van der Waals surface area (Å²) in [7, 11) is 0. The second-order valence-electron chi connectivity index (χ2n) is 5.17. The van der Waals surface area contributed by atoms with Crippen molar-refractivity contribution in [2.75, 3.05) is 6.61 Å². The van der Waals surface area contributed by atoms with E-state index in [9.17, 15) is 4.79 Å². The molecule has 1 rings (SSSR count). The predicted molar refractivity (Wildman–Crippen MR) is 79.3 cm³/mol. The van der Waals surface area contributed by atoms with Gasteiger partial charge in [-0.3, -0.25) is 0 Å². The second kappa shape index (κ2) is 9.74. The van der Waals surface area contributed by atoms with Gasteiger partial charge in [0, 0.05) is 13.0 Å². The van der Waals surface area contributed by atoms with Crippen LogP contribution in [0.1, 0.15) is 45.1 Å². The molecule has 2 atom stereocenters. The van der Waals surface area contributed by atoms with E-state index in [1.807, 2.05) is 6.07 Å². The van der Waals surface area contributed by atoms with Crippen LogP contribution >= 0.6 is 0 Å². The maximum absolute atomic E-state index is 10.7. The molecule has 0 amide bonds. The summed E-state index contributed by atoms with van der Waals surface area (Å²) in [6.45, 7) is 5.08. The number of aldehydes is 1. The maximum atomic E-state index is 10.7. The fourth-order valence-electron chi connectivity index (χ4n) is 2.17. The van der Waals surface area contributed by atoms with Gasteiger partial charge in [-0.2, -0.15) is 0 Å². The van der Waals surface area contributed by atoms with Crippen molar-refractivity contribution in [3.8, 4) is 0 Å². The zero-order valence-electron chi connectivity index (χ0n) is 12.2. The summed E-state index contributed by atoms with van der Waals surface area (Å²) in [5.74, 6) is 0.304. The Labute approximate surface area is 117 Å². The van der Waals surface area contributed by atoms with Crippen LogP contribution in [0, 0.1) is 5.92 Å². The number of benzene rings is 1. The zero-order chi connectivity index (χ0) is 13.9. The monoisotopic (exact) mass is 262 g/mol. The minimum atomic E-state index is 0.192. The molecular formula is C17H26O2. The summed E-state index contributed by atoms with van der Waals surface area (Å²) >= 11 is 0. The predicted octanol–water partition coefficient (Wildman–Crippen LogP) is 4.03. The van der Waals surface area contributed by atoms with E-state index in [0.717, 1.165) is 38.6 Å². The summed E-state index contributed by atoms with van der Waals surface area (Å²) in [4.78, 5) is 10.7. The molecule has 0 N–H and O–H groups in total. The average Bonchev–Trinajstić information content (AvgIpc) is 2.44. The maximum Gasteiger partial charge on any atom is 0.120 e. The molecule has 0 aliphatic carbocycles. The number of hydrogen-bond donors (Lipinski definition) is 0. The highest BCUT2D eigenvalue weighted by molar-refractivity contribution is 5.49. The van der Waals surface area contributed by atoms with Gasteiger partial charge in [-0.25, -0.2) is 0 Å². The zero-order valence-corrected chi connectivity index (χ0v) is 12.2. The van der Waals surface area contributed by atoms with Crippen LogP contribution < -0.4 is 0 Å². The first-order valence-electron chi connectivity index (χ1n) is 7.37. The minimum absolute atomic E-state index is 0.192. The van der Waals surface area contributed by atoms with Gasteiger partial charge in [0.1, 0.15) is 6.29 Å². The first-order valence-corrected chi connectivity index (χ1v) is 7.37. The van der Waals surface area contributed by atoms with Gasteiger partial charge in [0.05, 0.1) is 6.10 Å². The van der Waals surface area contributed by atoms with Gasteiger partial charge in [-0.1, -0.05) is 50.6 Å². The Bertz CT molecular complexity index is 334. The molecule has 0 bridgehead atoms. The van der Waals surface area contributed by atoms with Gasteiger partial charge in [0.25, 0.3) is 0 Å². The molecule has 0 heterocycles. The Kier molecular flexibility index (Phi) is 8.15. The molecular weight excluding hydrogens is 236 g/mol. The van der Waals surface area contributed by atoms with Crippen molar-refractivity contribution < 1.29 is 9.53 Å². The lowest BCUT2D eigenvalue weighted by atomic mass is 9.95. The van der Waals surface area contributed by atoms with E-state index in [1.54, 1.807) is 0 Å². The lowest BCUT2D eigenvalue weighted by Crippen LogP contribution is -2.23. The molecule has 19 heavy (non-hydrogen) atoms. The van der Waals surface area contributed by atoms with Crippen molar-refractivity contribution in [2.45, 2.75) is 52.1 Å². The van der Waals surface area contributed by atoms with Crippen molar-refractivity contribution in [1.29, 1.82) is 0 Å². The van der Waals surface area contributed by atoms with Crippen LogP contribution in [0.2, 0.25) is 0 Å². The number of rotatable bonds is 10. The second-order valence-corrected chi connectivity index (χ2v) is 5.17. The Morgan fingerprint density at radius 2 is 2.00 bits per heavy atom. The quantitative estimate of drug-likeness (QED) is 0.470. The Hall–Kier alpha value is -1.15. The third-order valence-electron chi connectivity index (χ3n) is 3.49. The molecule has 1 aromatic carbocycles. The van der Waals surface area contributed by atoms with Crippen LogP contribution in [0.25, 0.3) is 0 Å². The molecule has 0 aliphatic rings. The first kappa shape index (κ1) is 15.9. The molecule has 0 aliphatic heterocycles. The number of carbonyl (C=O) groups is 1. The van der Waals surface area contributed by atoms with Crippen molar-refractivity contribution in [1.82, 2.24) is 0 Å². The number of ether oxygens (including phenoxy) is 1. The van der Waals surface area contributed by atoms with Crippen LogP contribution in [-0.4, -0.2) is 19.0 Å². The molecule has 0 aromatic heterocycles. The highest BCUT2D eigenvalue weighted by atomic mass is 16.5. The van der Waals surface area contributed by atoms with Crippen LogP contribution in [0.5, 0.6) is 0 Å². The molecule has 2 heteroatoms. The molecule has 0 saturated carbocycles. The summed E-state index contributed by atoms with van der Waals surface area (Å²) in [6.07, 6.45) is 6.03. The van der Waals surface area contributed by atoms with Crippen LogP contribution in [0.15, 0.2) is 30.3 Å². The van der Waals surface area contributed by atoms with Gasteiger partial charge in [-0.15, -0.1) is 0 Å². The number of aryl methyl sites for hydroxylation is 1. The van der Waals surface area contributed by atoms with Gasteiger partial charge >= 0.3 is 0 Å². The van der Waals surface area contributed by atoms with E-state index in [0.29, 0.717) is 12.3 Å². The Morgan fingerprint density at radius 3 is 2.63 bits per heavy atom. The number of carbonyl (C=O) groups excluding carboxylic acids is 1. The van der Waals surface area contributed by atoms with Crippen LogP contribution in [0.4, 0.5) is 0 Å². The molecule has 0 unspecified atom stereocenters. The van der Waals surface area contributed by atoms with Gasteiger partial charge in [-0.05, 0) is 30.7 Å². The van der Waals surface area contributed by atoms with E-state index in [1.165, 1.54) is 5.56 Å². The van der Waals surface area contributed by atoms with Gasteiger partial charge in [0.2, 0.25) is 0 Å². The molecule has 0 fully saturated rings. The summed E-state index contributed by atoms with van der Waals surface area (Å²) in [5.41, 5.74) is 1.34. The van der Waals surface area contributed by atoms with E-state index >= 15 is 0 Å². The lowest BCUT2D eigenvalue weighted by molar-refractivity contribution is -0.109. The molecule has 0 radical (unpaired) electrons. The topological polar surface area (TPSA) is 26.3 Å². The lowest BCUT2D eigenvalue weighted by Gasteiger charge is -2.23. The summed E-state index contributed by atoms with van der Waals surface area (Å²) < 4.78 is 5.96. The normalized spacial score (nSPS) is 14.0. The van der Waals surface area contributed by atoms with Crippen LogP contribution in [0.3, 0.4) is 0 Å². The smallest absolute Gasteiger partial charge is 0.120 e. The Balaban J connectivity index is 2.45. The molecule has 106 valence electrons. The molecule has 2 nitrogen and oxygen atoms in total. The van der Waals surface area contributed by atoms with Gasteiger partial charge in [0.15, 0.2) is 0 Å². The third-order valence-corrected chi connectivity index (χ3v) is 3.49. The van der Waals surface area contributed by atoms with E-state index in [4.69, 9.17) is 4.74 Å². The number of hydrogen-bond acceptors (Lipinski definition) is 2. The van der Waals surface area contributed by atoms with Crippen LogP contribution in [-0.2, 0) is 16.0 Å². The fourth-order valence-corrected chi connectivity index (χ4v) is 2.17. The summed E-state index contributed by atoms with van der Waals surface area (Å²) in [6, 6.07) is 10.5. The summed E-state index contributed by atoms with van der Waals surface area (Å²) in [5, 5.41) is 0. The largest absolute Gasteiger partial charge is 0.378 e. The van der Waals surface area contributed by atoms with Gasteiger partial charge < -0.3 is 9.53 Å². The molecule has 0 saturated heterocycles. The third kappa shape index (κ3) is 6.53. The first-order chi connectivity index (χ1) is 9.27. The highest BCUT2D eigenvalue weighted by Crippen LogP contribution is 2.17. The molecule has 0 spiro atoms. The van der Waals surface area contributed by atoms with Crippen molar-refractivity contribution in [3.63, 3.8) is 0 Å². The number of unbranched alkanes of at least 4 members (excludes halogenated alkanes) is 1. The van der Waals surface area contributed by atoms with E-state index in [2.05, 4.69) is 38.1 Å². The average molecular weight is 262 g/mol. The Morgan fingerprint density at radius 1 is 1.26 bits per heavy atom. The standard InChI is InChI=1S/C17H26O2/c1-3-4-14-19-17(15(2)12-13-18)11-10-16-8-6-5-7-9-16/h5-9,13,15,17H,3-4,10-12,14H2,1-2H3/t15-,17+/m1/s1. The van der Waals surface area contributed by atoms with Crippen molar-refractivity contribution in [2.24, 2.45) is 5.92 Å². The van der Waals surface area contributed by atoms with Crippen molar-refractivity contribution >= 4 is 6.29 Å². The SMILES string of the molecule is CCCCO[C@@H](CCc1ccccc1)[C@H](C)CC=O. The fraction of sp³-hybridized carbons (Fsp3) is 0.588. The molecule has 1 aromatic rings. The van der Waals surface area contributed by atoms with E-state index in [-0.39, 0.29) is 6.10 Å². The minimum Gasteiger partial charge on any atom is -0.378 e. The van der Waals surface area contributed by atoms with Crippen molar-refractivity contribution in [3.05, 3.63) is 35.9 Å². The highest BCUT2D eigenvalue weighted by Gasteiger charge is 2.17. The van der Waals surface area contributed by atoms with E-state index < -0.39 is 0 Å².